The van der Waals surface area contributed by atoms with Gasteiger partial charge in [-0.05, 0) is 34.7 Å². The Hall–Kier alpha value is 0.0600. The molecule has 1 unspecified atom stereocenters. The number of rotatable bonds is 6. The molecule has 6 heteroatoms. The van der Waals surface area contributed by atoms with E-state index >= 15 is 0 Å². The fraction of sp³-hybridized carbons (Fsp3) is 0.733. The first-order valence-corrected chi connectivity index (χ1v) is 10.6. The van der Waals surface area contributed by atoms with Gasteiger partial charge in [-0.1, -0.05) is 20.8 Å². The highest BCUT2D eigenvalue weighted by molar-refractivity contribution is 9.10. The molecule has 1 fully saturated rings. The molecule has 2 heterocycles. The largest absolute Gasteiger partial charge is 0.369 e. The van der Waals surface area contributed by atoms with Crippen LogP contribution in [0.4, 0.5) is 5.82 Å². The van der Waals surface area contributed by atoms with E-state index in [4.69, 9.17) is 9.97 Å². The quantitative estimate of drug-likeness (QED) is 0.757. The van der Waals surface area contributed by atoms with Crippen LogP contribution in [0.15, 0.2) is 4.47 Å². The molecule has 3 nitrogen and oxygen atoms in total. The lowest BCUT2D eigenvalue weighted by atomic mass is 10.1. The Morgan fingerprint density at radius 3 is 2.76 bits per heavy atom. The van der Waals surface area contributed by atoms with E-state index in [9.17, 15) is 0 Å². The maximum absolute atomic E-state index is 4.87. The SMILES string of the molecule is CCCNc1nc(C2CSCCS2)nc(CC(C)C)c1Br. The minimum absolute atomic E-state index is 0.435. The van der Waals surface area contributed by atoms with E-state index in [0.29, 0.717) is 11.2 Å². The molecule has 118 valence electrons. The Kier molecular flexibility index (Phi) is 7.16. The number of hydrogen-bond donors (Lipinski definition) is 1. The molecule has 0 aliphatic carbocycles. The lowest BCUT2D eigenvalue weighted by molar-refractivity contribution is 0.628. The Balaban J connectivity index is 2.29. The van der Waals surface area contributed by atoms with Crippen molar-refractivity contribution < 1.29 is 0 Å². The van der Waals surface area contributed by atoms with Gasteiger partial charge >= 0.3 is 0 Å². The molecule has 0 radical (unpaired) electrons. The standard InChI is InChI=1S/C15H24BrN3S2/c1-4-5-17-15-13(16)11(8-10(2)3)18-14(19-15)12-9-20-6-7-21-12/h10,12H,4-9H2,1-3H3,(H,17,18,19). The molecule has 1 N–H and O–H groups in total. The van der Waals surface area contributed by atoms with E-state index in [1.807, 2.05) is 23.5 Å². The van der Waals surface area contributed by atoms with E-state index in [1.165, 1.54) is 11.5 Å². The minimum Gasteiger partial charge on any atom is -0.369 e. The van der Waals surface area contributed by atoms with Crippen molar-refractivity contribution in [2.45, 2.75) is 38.9 Å². The number of thioether (sulfide) groups is 2. The van der Waals surface area contributed by atoms with Crippen molar-refractivity contribution in [3.63, 3.8) is 0 Å². The highest BCUT2D eigenvalue weighted by Crippen LogP contribution is 2.37. The smallest absolute Gasteiger partial charge is 0.144 e. The highest BCUT2D eigenvalue weighted by atomic mass is 79.9. The second-order valence-electron chi connectivity index (χ2n) is 5.65. The number of hydrogen-bond acceptors (Lipinski definition) is 5. The van der Waals surface area contributed by atoms with Crippen LogP contribution in [0.1, 0.15) is 44.0 Å². The van der Waals surface area contributed by atoms with Gasteiger partial charge in [0.15, 0.2) is 0 Å². The van der Waals surface area contributed by atoms with Crippen LogP contribution in [0, 0.1) is 5.92 Å². The van der Waals surface area contributed by atoms with Gasteiger partial charge in [0.05, 0.1) is 15.4 Å². The molecule has 1 saturated heterocycles. The van der Waals surface area contributed by atoms with Crippen LogP contribution < -0.4 is 5.32 Å². The van der Waals surface area contributed by atoms with Gasteiger partial charge in [-0.2, -0.15) is 11.8 Å². The second-order valence-corrected chi connectivity index (χ2v) is 8.90. The van der Waals surface area contributed by atoms with Gasteiger partial charge in [0.1, 0.15) is 11.6 Å². The van der Waals surface area contributed by atoms with Crippen molar-refractivity contribution in [3.8, 4) is 0 Å². The van der Waals surface area contributed by atoms with Crippen LogP contribution in [0.25, 0.3) is 0 Å². The second kappa shape index (κ2) is 8.63. The van der Waals surface area contributed by atoms with Crippen molar-refractivity contribution >= 4 is 45.3 Å². The third kappa shape index (κ3) is 5.03. The van der Waals surface area contributed by atoms with Gasteiger partial charge in [0.2, 0.25) is 0 Å². The summed E-state index contributed by atoms with van der Waals surface area (Å²) in [4.78, 5) is 9.67. The number of nitrogens with one attached hydrogen (secondary N) is 1. The van der Waals surface area contributed by atoms with Crippen LogP contribution in [0.5, 0.6) is 0 Å². The maximum atomic E-state index is 4.87. The van der Waals surface area contributed by atoms with Crippen LogP contribution >= 0.6 is 39.5 Å². The molecule has 0 amide bonds. The third-order valence-corrected chi connectivity index (χ3v) is 6.77. The monoisotopic (exact) mass is 389 g/mol. The Morgan fingerprint density at radius 1 is 1.33 bits per heavy atom. The maximum Gasteiger partial charge on any atom is 0.144 e. The number of aromatic nitrogens is 2. The molecule has 1 aromatic heterocycles. The normalized spacial score (nSPS) is 19.0. The fourth-order valence-corrected chi connectivity index (χ4v) is 5.25. The number of halogens is 1. The fourth-order valence-electron chi connectivity index (χ4n) is 2.18. The van der Waals surface area contributed by atoms with E-state index < -0.39 is 0 Å². The van der Waals surface area contributed by atoms with Gasteiger partial charge < -0.3 is 5.32 Å². The molecular weight excluding hydrogens is 366 g/mol. The topological polar surface area (TPSA) is 37.8 Å². The van der Waals surface area contributed by atoms with Crippen molar-refractivity contribution in [2.75, 3.05) is 29.1 Å². The average Bonchev–Trinajstić information content (AvgIpc) is 2.48. The van der Waals surface area contributed by atoms with E-state index in [1.54, 1.807) is 0 Å². The van der Waals surface area contributed by atoms with Gasteiger partial charge in [0.25, 0.3) is 0 Å². The molecule has 1 aromatic rings. The van der Waals surface area contributed by atoms with Gasteiger partial charge in [0, 0.05) is 23.8 Å². The van der Waals surface area contributed by atoms with Crippen LogP contribution in [-0.4, -0.2) is 33.8 Å². The van der Waals surface area contributed by atoms with Crippen LogP contribution in [0.3, 0.4) is 0 Å². The summed E-state index contributed by atoms with van der Waals surface area (Å²) in [7, 11) is 0. The summed E-state index contributed by atoms with van der Waals surface area (Å²) < 4.78 is 1.04. The van der Waals surface area contributed by atoms with E-state index in [-0.39, 0.29) is 0 Å². The van der Waals surface area contributed by atoms with Gasteiger partial charge in [-0.15, -0.1) is 11.8 Å². The molecule has 1 aliphatic heterocycles. The van der Waals surface area contributed by atoms with Gasteiger partial charge in [-0.3, -0.25) is 0 Å². The first-order chi connectivity index (χ1) is 10.1. The first-order valence-electron chi connectivity index (χ1n) is 7.61. The first kappa shape index (κ1) is 17.4. The van der Waals surface area contributed by atoms with Crippen molar-refractivity contribution in [2.24, 2.45) is 5.92 Å². The zero-order valence-corrected chi connectivity index (χ0v) is 16.2. The van der Waals surface area contributed by atoms with Crippen molar-refractivity contribution in [1.82, 2.24) is 9.97 Å². The zero-order chi connectivity index (χ0) is 15.2. The Bertz CT molecular complexity index is 462. The zero-order valence-electron chi connectivity index (χ0n) is 13.0. The lowest BCUT2D eigenvalue weighted by Gasteiger charge is -2.22. The Morgan fingerprint density at radius 2 is 2.14 bits per heavy atom. The molecule has 1 atom stereocenters. The number of anilines is 1. The summed E-state index contributed by atoms with van der Waals surface area (Å²) >= 11 is 7.70. The predicted octanol–water partition coefficient (Wildman–Crippen LogP) is 4.78. The summed E-state index contributed by atoms with van der Waals surface area (Å²) in [5, 5.41) is 3.88. The molecule has 21 heavy (non-hydrogen) atoms. The predicted molar refractivity (Wildman–Crippen MR) is 99.6 cm³/mol. The molecule has 0 saturated carbocycles. The van der Waals surface area contributed by atoms with Crippen LogP contribution in [0.2, 0.25) is 0 Å². The average molecular weight is 390 g/mol. The van der Waals surface area contributed by atoms with Crippen molar-refractivity contribution in [1.29, 1.82) is 0 Å². The minimum atomic E-state index is 0.435. The summed E-state index contributed by atoms with van der Waals surface area (Å²) in [5.41, 5.74) is 1.14. The third-order valence-electron chi connectivity index (χ3n) is 3.19. The van der Waals surface area contributed by atoms with Gasteiger partial charge in [-0.25, -0.2) is 9.97 Å². The molecular formula is C15H24BrN3S2. The summed E-state index contributed by atoms with van der Waals surface area (Å²) in [6, 6.07) is 0. The summed E-state index contributed by atoms with van der Waals surface area (Å²) in [6.45, 7) is 7.59. The molecule has 2 rings (SSSR count). The number of nitrogens with zero attached hydrogens (tertiary/aromatic N) is 2. The summed E-state index contributed by atoms with van der Waals surface area (Å²) in [6.07, 6.45) is 2.08. The van der Waals surface area contributed by atoms with E-state index in [0.717, 1.165) is 46.9 Å². The van der Waals surface area contributed by atoms with Crippen LogP contribution in [-0.2, 0) is 6.42 Å². The molecule has 0 bridgehead atoms. The van der Waals surface area contributed by atoms with E-state index in [2.05, 4.69) is 42.0 Å². The molecule has 1 aliphatic rings. The summed E-state index contributed by atoms with van der Waals surface area (Å²) in [5.74, 6) is 6.14. The molecule has 0 spiro atoms. The lowest BCUT2D eigenvalue weighted by Crippen LogP contribution is -2.15. The highest BCUT2D eigenvalue weighted by Gasteiger charge is 2.22. The molecule has 0 aromatic carbocycles. The Labute approximate surface area is 145 Å². The van der Waals surface area contributed by atoms with Crippen molar-refractivity contribution in [3.05, 3.63) is 16.0 Å².